The normalized spacial score (nSPS) is 10.9. The average molecular weight is 230 g/mol. The Bertz CT molecular complexity index is 294. The molecule has 6 heteroatoms. The summed E-state index contributed by atoms with van der Waals surface area (Å²) >= 11 is 0. The third kappa shape index (κ3) is 2.88. The zero-order chi connectivity index (χ0) is 12.9. The lowest BCUT2D eigenvalue weighted by Gasteiger charge is -2.23. The minimum absolute atomic E-state index is 0.0270. The Morgan fingerprint density at radius 1 is 1.00 bits per heavy atom. The lowest BCUT2D eigenvalue weighted by atomic mass is 9.76. The minimum Gasteiger partial charge on any atom is -0.481 e. The first-order valence-electron chi connectivity index (χ1n) is 4.72. The summed E-state index contributed by atoms with van der Waals surface area (Å²) < 4.78 is 0. The van der Waals surface area contributed by atoms with Crippen LogP contribution in [-0.2, 0) is 19.2 Å². The van der Waals surface area contributed by atoms with Gasteiger partial charge in [-0.1, -0.05) is 0 Å². The first-order chi connectivity index (χ1) is 7.25. The monoisotopic (exact) mass is 230 g/mol. The number of carboxylic acids is 2. The van der Waals surface area contributed by atoms with E-state index in [-0.39, 0.29) is 19.3 Å². The molecule has 0 saturated heterocycles. The van der Waals surface area contributed by atoms with Crippen molar-refractivity contribution in [3.63, 3.8) is 0 Å². The molecule has 0 aliphatic carbocycles. The molecular weight excluding hydrogens is 216 g/mol. The number of carbonyl (C=O) groups is 4. The Kier molecular flexibility index (Phi) is 4.81. The van der Waals surface area contributed by atoms with Gasteiger partial charge in [0.2, 0.25) is 0 Å². The Hall–Kier alpha value is -1.72. The summed E-state index contributed by atoms with van der Waals surface area (Å²) in [4.78, 5) is 43.8. The van der Waals surface area contributed by atoms with Crippen LogP contribution in [-0.4, -0.2) is 33.7 Å². The van der Waals surface area contributed by atoms with Gasteiger partial charge in [0.15, 0.2) is 17.0 Å². The first-order valence-corrected chi connectivity index (χ1v) is 4.72. The number of rotatable bonds is 7. The van der Waals surface area contributed by atoms with Gasteiger partial charge in [-0.2, -0.15) is 0 Å². The van der Waals surface area contributed by atoms with E-state index in [2.05, 4.69) is 0 Å². The molecule has 0 aromatic rings. The molecule has 0 atom stereocenters. The average Bonchev–Trinajstić information content (AvgIpc) is 2.09. The summed E-state index contributed by atoms with van der Waals surface area (Å²) in [5.74, 6) is -4.14. The number of aliphatic carboxylic acids is 2. The van der Waals surface area contributed by atoms with Gasteiger partial charge in [-0.3, -0.25) is 19.2 Å². The van der Waals surface area contributed by atoms with Crippen LogP contribution in [0.5, 0.6) is 0 Å². The summed E-state index contributed by atoms with van der Waals surface area (Å²) in [5, 5.41) is 17.3. The number of ketones is 2. The highest BCUT2D eigenvalue weighted by Crippen LogP contribution is 2.28. The highest BCUT2D eigenvalue weighted by atomic mass is 16.4. The van der Waals surface area contributed by atoms with E-state index in [4.69, 9.17) is 10.2 Å². The maximum absolute atomic E-state index is 11.3. The van der Waals surface area contributed by atoms with Gasteiger partial charge < -0.3 is 10.2 Å². The molecule has 0 aromatic carbocycles. The van der Waals surface area contributed by atoms with Crippen LogP contribution < -0.4 is 0 Å². The number of hydrogen-bond acceptors (Lipinski definition) is 4. The Morgan fingerprint density at radius 2 is 1.44 bits per heavy atom. The SMILES string of the molecule is CC(=O)C(CCCC(=O)O)(C(C)=O)C(=O)O. The summed E-state index contributed by atoms with van der Waals surface area (Å²) in [6, 6.07) is 0. The largest absolute Gasteiger partial charge is 0.481 e. The molecule has 0 unspecified atom stereocenters. The van der Waals surface area contributed by atoms with Crippen molar-refractivity contribution in [2.24, 2.45) is 5.41 Å². The summed E-state index contributed by atoms with van der Waals surface area (Å²) in [6.07, 6.45) is -0.574. The van der Waals surface area contributed by atoms with Crippen molar-refractivity contribution in [1.29, 1.82) is 0 Å². The van der Waals surface area contributed by atoms with Crippen molar-refractivity contribution in [3.8, 4) is 0 Å². The van der Waals surface area contributed by atoms with E-state index in [0.717, 1.165) is 13.8 Å². The molecule has 0 aromatic heterocycles. The van der Waals surface area contributed by atoms with Crippen LogP contribution in [0.25, 0.3) is 0 Å². The molecular formula is C10H14O6. The molecule has 2 N–H and O–H groups in total. The third-order valence-electron chi connectivity index (χ3n) is 2.51. The third-order valence-corrected chi connectivity index (χ3v) is 2.51. The van der Waals surface area contributed by atoms with Crippen molar-refractivity contribution in [2.75, 3.05) is 0 Å². The van der Waals surface area contributed by atoms with Gasteiger partial charge in [-0.05, 0) is 26.7 Å². The van der Waals surface area contributed by atoms with E-state index in [0.29, 0.717) is 0 Å². The van der Waals surface area contributed by atoms with Crippen molar-refractivity contribution in [1.82, 2.24) is 0 Å². The van der Waals surface area contributed by atoms with Gasteiger partial charge in [0.1, 0.15) is 0 Å². The van der Waals surface area contributed by atoms with Crippen LogP contribution in [0.3, 0.4) is 0 Å². The minimum atomic E-state index is -2.09. The molecule has 90 valence electrons. The molecule has 0 heterocycles. The van der Waals surface area contributed by atoms with E-state index in [9.17, 15) is 19.2 Å². The molecule has 0 rings (SSSR count). The molecule has 0 saturated carbocycles. The summed E-state index contributed by atoms with van der Waals surface area (Å²) in [6.45, 7) is 2.05. The van der Waals surface area contributed by atoms with Crippen molar-refractivity contribution >= 4 is 23.5 Å². The molecule has 6 nitrogen and oxygen atoms in total. The van der Waals surface area contributed by atoms with Crippen molar-refractivity contribution < 1.29 is 29.4 Å². The van der Waals surface area contributed by atoms with Crippen molar-refractivity contribution in [3.05, 3.63) is 0 Å². The van der Waals surface area contributed by atoms with Crippen LogP contribution in [0.15, 0.2) is 0 Å². The molecule has 0 amide bonds. The van der Waals surface area contributed by atoms with Crippen molar-refractivity contribution in [2.45, 2.75) is 33.1 Å². The highest BCUT2D eigenvalue weighted by Gasteiger charge is 2.47. The Labute approximate surface area is 92.3 Å². The molecule has 16 heavy (non-hydrogen) atoms. The fourth-order valence-electron chi connectivity index (χ4n) is 1.51. The van der Waals surface area contributed by atoms with Gasteiger partial charge in [-0.25, -0.2) is 0 Å². The first kappa shape index (κ1) is 14.3. The molecule has 0 bridgehead atoms. The maximum atomic E-state index is 11.3. The lowest BCUT2D eigenvalue weighted by Crippen LogP contribution is -2.44. The smallest absolute Gasteiger partial charge is 0.324 e. The van der Waals surface area contributed by atoms with Gasteiger partial charge in [0, 0.05) is 6.42 Å². The topological polar surface area (TPSA) is 109 Å². The van der Waals surface area contributed by atoms with E-state index in [1.807, 2.05) is 0 Å². The maximum Gasteiger partial charge on any atom is 0.324 e. The van der Waals surface area contributed by atoms with Gasteiger partial charge in [-0.15, -0.1) is 0 Å². The molecule has 0 radical (unpaired) electrons. The number of carbonyl (C=O) groups excluding carboxylic acids is 2. The molecule has 0 aliphatic rings. The predicted molar refractivity (Wildman–Crippen MR) is 52.9 cm³/mol. The van der Waals surface area contributed by atoms with Crippen LogP contribution in [0.2, 0.25) is 0 Å². The predicted octanol–water partition coefficient (Wildman–Crippen LogP) is 0.490. The van der Waals surface area contributed by atoms with Crippen LogP contribution in [0, 0.1) is 5.41 Å². The van der Waals surface area contributed by atoms with E-state index < -0.39 is 28.9 Å². The second kappa shape index (κ2) is 5.39. The summed E-state index contributed by atoms with van der Waals surface area (Å²) in [7, 11) is 0. The second-order valence-electron chi connectivity index (χ2n) is 3.57. The lowest BCUT2D eigenvalue weighted by molar-refractivity contribution is -0.159. The summed E-state index contributed by atoms with van der Waals surface area (Å²) in [5.41, 5.74) is -2.09. The van der Waals surface area contributed by atoms with Gasteiger partial charge >= 0.3 is 11.9 Å². The fraction of sp³-hybridized carbons (Fsp3) is 0.600. The van der Waals surface area contributed by atoms with Crippen LogP contribution >= 0.6 is 0 Å². The number of hydrogen-bond donors (Lipinski definition) is 2. The fourth-order valence-corrected chi connectivity index (χ4v) is 1.51. The van der Waals surface area contributed by atoms with E-state index >= 15 is 0 Å². The quantitative estimate of drug-likeness (QED) is 0.616. The van der Waals surface area contributed by atoms with Crippen LogP contribution in [0.4, 0.5) is 0 Å². The Balaban J connectivity index is 4.92. The second-order valence-corrected chi connectivity index (χ2v) is 3.57. The van der Waals surface area contributed by atoms with E-state index in [1.165, 1.54) is 0 Å². The molecule has 0 spiro atoms. The standard InChI is InChI=1S/C10H14O6/c1-6(11)10(7(2)12,9(15)16)5-3-4-8(13)14/h3-5H2,1-2H3,(H,13,14)(H,15,16). The molecule has 0 aliphatic heterocycles. The van der Waals surface area contributed by atoms with E-state index in [1.54, 1.807) is 0 Å². The Morgan fingerprint density at radius 3 is 1.69 bits per heavy atom. The highest BCUT2D eigenvalue weighted by molar-refractivity contribution is 6.20. The molecule has 0 fully saturated rings. The number of Topliss-reactive ketones (excluding diaryl/α,β-unsaturated/α-hetero) is 2. The number of carboxylic acid groups (broad SMARTS) is 2. The zero-order valence-electron chi connectivity index (χ0n) is 9.15. The van der Waals surface area contributed by atoms with Crippen LogP contribution in [0.1, 0.15) is 33.1 Å². The van der Waals surface area contributed by atoms with Gasteiger partial charge in [0.05, 0.1) is 0 Å². The zero-order valence-corrected chi connectivity index (χ0v) is 9.15. The van der Waals surface area contributed by atoms with Gasteiger partial charge in [0.25, 0.3) is 0 Å².